The van der Waals surface area contributed by atoms with Crippen LogP contribution in [-0.2, 0) is 0 Å². The molecule has 4 nitrogen and oxygen atoms in total. The van der Waals surface area contributed by atoms with Gasteiger partial charge in [-0.15, -0.1) is 0 Å². The molecule has 1 fully saturated rings. The fourth-order valence-corrected chi connectivity index (χ4v) is 3.57. The second-order valence-electron chi connectivity index (χ2n) is 5.99. The van der Waals surface area contributed by atoms with E-state index in [1.54, 1.807) is 4.90 Å². The van der Waals surface area contributed by atoms with Gasteiger partial charge in [-0.1, -0.05) is 53.5 Å². The van der Waals surface area contributed by atoms with Crippen LogP contribution in [0, 0.1) is 5.92 Å². The summed E-state index contributed by atoms with van der Waals surface area (Å²) >= 11 is 11.7. The number of amides is 1. The molecule has 126 valence electrons. The molecule has 1 amide bonds. The van der Waals surface area contributed by atoms with E-state index < -0.39 is 6.10 Å². The Hall–Kier alpha value is -1.62. The molecule has 0 aliphatic carbocycles. The minimum absolute atomic E-state index is 0.103. The zero-order valence-electron chi connectivity index (χ0n) is 13.0. The Kier molecular flexibility index (Phi) is 5.39. The molecule has 1 saturated heterocycles. The van der Waals surface area contributed by atoms with E-state index >= 15 is 0 Å². The Balaban J connectivity index is 1.63. The van der Waals surface area contributed by atoms with Gasteiger partial charge in [0, 0.05) is 18.7 Å². The molecule has 0 saturated carbocycles. The van der Waals surface area contributed by atoms with Gasteiger partial charge in [0.15, 0.2) is 0 Å². The zero-order valence-corrected chi connectivity index (χ0v) is 14.5. The largest absolute Gasteiger partial charge is 0.388 e. The number of pyridine rings is 1. The number of likely N-dealkylation sites (tertiary alicyclic amines) is 1. The highest BCUT2D eigenvalue weighted by molar-refractivity contribution is 6.33. The summed E-state index contributed by atoms with van der Waals surface area (Å²) in [5.41, 5.74) is 1.37. The maximum atomic E-state index is 12.6. The van der Waals surface area contributed by atoms with Crippen LogP contribution in [-0.4, -0.2) is 34.0 Å². The van der Waals surface area contributed by atoms with E-state index in [0.29, 0.717) is 18.7 Å². The smallest absolute Gasteiger partial charge is 0.254 e. The molecule has 1 unspecified atom stereocenters. The first-order valence-corrected chi connectivity index (χ1v) is 8.65. The van der Waals surface area contributed by atoms with E-state index in [4.69, 9.17) is 23.2 Å². The molecule has 0 radical (unpaired) electrons. The first-order valence-electron chi connectivity index (χ1n) is 7.90. The summed E-state index contributed by atoms with van der Waals surface area (Å²) < 4.78 is 0. The maximum absolute atomic E-state index is 12.6. The molecule has 3 rings (SSSR count). The highest BCUT2D eigenvalue weighted by atomic mass is 35.5. The average molecular weight is 365 g/mol. The number of aliphatic hydroxyl groups is 1. The topological polar surface area (TPSA) is 53.4 Å². The molecular formula is C18H18Cl2N2O2. The summed E-state index contributed by atoms with van der Waals surface area (Å²) in [6.07, 6.45) is 1.02. The number of rotatable bonds is 3. The van der Waals surface area contributed by atoms with Gasteiger partial charge in [0.2, 0.25) is 0 Å². The molecule has 6 heteroatoms. The van der Waals surface area contributed by atoms with Gasteiger partial charge in [0.1, 0.15) is 10.3 Å². The first kappa shape index (κ1) is 17.2. The van der Waals surface area contributed by atoms with Crippen LogP contribution in [0.25, 0.3) is 0 Å². The number of hydrogen-bond donors (Lipinski definition) is 1. The molecule has 1 aliphatic rings. The van der Waals surface area contributed by atoms with Crippen molar-refractivity contribution >= 4 is 29.1 Å². The standard InChI is InChI=1S/C18H18Cl2N2O2/c19-15-10-14(11-16(20)21-15)18(24)22-8-6-13(7-9-22)17(23)12-4-2-1-3-5-12/h1-5,10-11,13,17,23H,6-9H2. The van der Waals surface area contributed by atoms with Gasteiger partial charge in [-0.25, -0.2) is 4.98 Å². The monoisotopic (exact) mass is 364 g/mol. The van der Waals surface area contributed by atoms with E-state index in [1.807, 2.05) is 30.3 Å². The van der Waals surface area contributed by atoms with Crippen LogP contribution < -0.4 is 0 Å². The third-order valence-electron chi connectivity index (χ3n) is 4.42. The highest BCUT2D eigenvalue weighted by Crippen LogP contribution is 2.31. The lowest BCUT2D eigenvalue weighted by Gasteiger charge is -2.34. The summed E-state index contributed by atoms with van der Waals surface area (Å²) in [5, 5.41) is 10.9. The van der Waals surface area contributed by atoms with Crippen molar-refractivity contribution in [1.82, 2.24) is 9.88 Å². The van der Waals surface area contributed by atoms with Crippen molar-refractivity contribution < 1.29 is 9.90 Å². The molecule has 1 N–H and O–H groups in total. The van der Waals surface area contributed by atoms with Gasteiger partial charge in [-0.2, -0.15) is 0 Å². The Labute approximate surface area is 151 Å². The van der Waals surface area contributed by atoms with Crippen LogP contribution in [0.15, 0.2) is 42.5 Å². The SMILES string of the molecule is O=C(c1cc(Cl)nc(Cl)c1)N1CCC(C(O)c2ccccc2)CC1. The molecule has 1 atom stereocenters. The van der Waals surface area contributed by atoms with Crippen molar-refractivity contribution in [2.75, 3.05) is 13.1 Å². The van der Waals surface area contributed by atoms with Crippen molar-refractivity contribution in [2.45, 2.75) is 18.9 Å². The fraction of sp³-hybridized carbons (Fsp3) is 0.333. The number of aromatic nitrogens is 1. The van der Waals surface area contributed by atoms with Gasteiger partial charge in [0.05, 0.1) is 6.10 Å². The summed E-state index contributed by atoms with van der Waals surface area (Å²) in [5.74, 6) is 0.0508. The quantitative estimate of drug-likeness (QED) is 0.838. The molecule has 0 bridgehead atoms. The fourth-order valence-electron chi connectivity index (χ4n) is 3.11. The Morgan fingerprint density at radius 1 is 1.12 bits per heavy atom. The van der Waals surface area contributed by atoms with E-state index in [9.17, 15) is 9.90 Å². The number of hydrogen-bond acceptors (Lipinski definition) is 3. The summed E-state index contributed by atoms with van der Waals surface area (Å²) in [4.78, 5) is 18.2. The van der Waals surface area contributed by atoms with Gasteiger partial charge < -0.3 is 10.0 Å². The predicted molar refractivity (Wildman–Crippen MR) is 94.3 cm³/mol. The Bertz CT molecular complexity index is 696. The van der Waals surface area contributed by atoms with Crippen molar-refractivity contribution in [2.24, 2.45) is 5.92 Å². The van der Waals surface area contributed by atoms with E-state index in [0.717, 1.165) is 18.4 Å². The van der Waals surface area contributed by atoms with Crippen LogP contribution in [0.5, 0.6) is 0 Å². The number of nitrogens with zero attached hydrogens (tertiary/aromatic N) is 2. The first-order chi connectivity index (χ1) is 11.5. The third-order valence-corrected chi connectivity index (χ3v) is 4.81. The minimum atomic E-state index is -0.492. The lowest BCUT2D eigenvalue weighted by molar-refractivity contribution is 0.0462. The second-order valence-corrected chi connectivity index (χ2v) is 6.76. The van der Waals surface area contributed by atoms with Crippen molar-refractivity contribution in [1.29, 1.82) is 0 Å². The number of benzene rings is 1. The lowest BCUT2D eigenvalue weighted by atomic mass is 9.87. The van der Waals surface area contributed by atoms with Crippen molar-refractivity contribution in [3.63, 3.8) is 0 Å². The molecule has 1 aromatic heterocycles. The van der Waals surface area contributed by atoms with Gasteiger partial charge >= 0.3 is 0 Å². The van der Waals surface area contributed by atoms with Crippen molar-refractivity contribution in [3.8, 4) is 0 Å². The van der Waals surface area contributed by atoms with Crippen LogP contribution in [0.3, 0.4) is 0 Å². The molecule has 2 heterocycles. The summed E-state index contributed by atoms with van der Waals surface area (Å²) in [7, 11) is 0. The van der Waals surface area contributed by atoms with Gasteiger partial charge in [-0.3, -0.25) is 4.79 Å². The average Bonchev–Trinajstić information content (AvgIpc) is 2.60. The second kappa shape index (κ2) is 7.51. The Morgan fingerprint density at radius 3 is 2.29 bits per heavy atom. The molecule has 2 aromatic rings. The van der Waals surface area contributed by atoms with Crippen LogP contribution in [0.1, 0.15) is 34.9 Å². The number of aliphatic hydroxyl groups excluding tert-OH is 1. The van der Waals surface area contributed by atoms with E-state index in [2.05, 4.69) is 4.98 Å². The van der Waals surface area contributed by atoms with Gasteiger partial charge in [-0.05, 0) is 36.5 Å². The van der Waals surface area contributed by atoms with E-state index in [1.165, 1.54) is 12.1 Å². The molecule has 0 spiro atoms. The van der Waals surface area contributed by atoms with Crippen LogP contribution >= 0.6 is 23.2 Å². The van der Waals surface area contributed by atoms with Gasteiger partial charge in [0.25, 0.3) is 5.91 Å². The number of carbonyl (C=O) groups is 1. The molecular weight excluding hydrogens is 347 g/mol. The number of piperidine rings is 1. The zero-order chi connectivity index (χ0) is 17.1. The number of carbonyl (C=O) groups excluding carboxylic acids is 1. The molecule has 1 aliphatic heterocycles. The highest BCUT2D eigenvalue weighted by Gasteiger charge is 2.28. The Morgan fingerprint density at radius 2 is 1.71 bits per heavy atom. The number of halogens is 2. The van der Waals surface area contributed by atoms with E-state index in [-0.39, 0.29) is 22.1 Å². The summed E-state index contributed by atoms with van der Waals surface area (Å²) in [6, 6.07) is 12.7. The normalized spacial score (nSPS) is 16.9. The van der Waals surface area contributed by atoms with Crippen LogP contribution in [0.2, 0.25) is 10.3 Å². The lowest BCUT2D eigenvalue weighted by Crippen LogP contribution is -2.39. The summed E-state index contributed by atoms with van der Waals surface area (Å²) in [6.45, 7) is 1.20. The van der Waals surface area contributed by atoms with Crippen LogP contribution in [0.4, 0.5) is 0 Å². The predicted octanol–water partition coefficient (Wildman–Crippen LogP) is 3.97. The maximum Gasteiger partial charge on any atom is 0.254 e. The van der Waals surface area contributed by atoms with Crippen molar-refractivity contribution in [3.05, 3.63) is 63.9 Å². The molecule has 24 heavy (non-hydrogen) atoms. The molecule has 1 aromatic carbocycles. The third kappa shape index (κ3) is 3.89. The minimum Gasteiger partial charge on any atom is -0.388 e.